The lowest BCUT2D eigenvalue weighted by Crippen LogP contribution is -2.28. The van der Waals surface area contributed by atoms with E-state index in [4.69, 9.17) is 0 Å². The van der Waals surface area contributed by atoms with E-state index in [1.165, 1.54) is 61.9 Å². The number of nitrogens with one attached hydrogen (secondary N) is 1. The molecular weight excluding hydrogens is 244 g/mol. The van der Waals surface area contributed by atoms with Gasteiger partial charge in [0.25, 0.3) is 0 Å². The molecule has 3 fully saturated rings. The Morgan fingerprint density at radius 3 is 2.50 bits per heavy atom. The van der Waals surface area contributed by atoms with Gasteiger partial charge in [0.15, 0.2) is 0 Å². The van der Waals surface area contributed by atoms with E-state index in [9.17, 15) is 0 Å². The summed E-state index contributed by atoms with van der Waals surface area (Å²) in [5, 5.41) is 3.61. The lowest BCUT2D eigenvalue weighted by atomic mass is 10.1. The van der Waals surface area contributed by atoms with Gasteiger partial charge in [0.1, 0.15) is 0 Å². The van der Waals surface area contributed by atoms with Crippen molar-refractivity contribution < 1.29 is 0 Å². The summed E-state index contributed by atoms with van der Waals surface area (Å²) in [4.78, 5) is 2.70. The van der Waals surface area contributed by atoms with Crippen molar-refractivity contribution >= 4 is 5.69 Å². The van der Waals surface area contributed by atoms with E-state index < -0.39 is 0 Å². The Labute approximate surface area is 122 Å². The van der Waals surface area contributed by atoms with Crippen LogP contribution in [0, 0.1) is 12.8 Å². The number of anilines is 1. The number of hydrogen-bond acceptors (Lipinski definition) is 2. The first-order chi connectivity index (χ1) is 9.79. The molecule has 3 aliphatic rings. The number of aryl methyl sites for hydroxylation is 1. The van der Waals surface area contributed by atoms with Crippen molar-refractivity contribution in [2.24, 2.45) is 5.92 Å². The number of rotatable bonds is 7. The first-order valence-electron chi connectivity index (χ1n) is 8.39. The van der Waals surface area contributed by atoms with Crippen LogP contribution in [0.25, 0.3) is 0 Å². The molecule has 3 aliphatic carbocycles. The molecule has 3 saturated carbocycles. The highest BCUT2D eigenvalue weighted by molar-refractivity contribution is 5.56. The maximum atomic E-state index is 3.61. The molecule has 1 aromatic rings. The summed E-state index contributed by atoms with van der Waals surface area (Å²) in [5.74, 6) is 0.978. The summed E-state index contributed by atoms with van der Waals surface area (Å²) in [6.07, 6.45) is 8.44. The molecule has 2 nitrogen and oxygen atoms in total. The summed E-state index contributed by atoms with van der Waals surface area (Å²) in [6.45, 7) is 4.63. The molecule has 0 bridgehead atoms. The Morgan fingerprint density at radius 2 is 1.90 bits per heavy atom. The Balaban J connectivity index is 1.47. The largest absolute Gasteiger partial charge is 0.368 e. The zero-order valence-corrected chi connectivity index (χ0v) is 12.6. The fourth-order valence-corrected chi connectivity index (χ4v) is 3.11. The molecule has 0 aliphatic heterocycles. The van der Waals surface area contributed by atoms with Crippen LogP contribution in [-0.4, -0.2) is 18.6 Å². The number of nitrogens with zero attached hydrogens (tertiary/aromatic N) is 1. The van der Waals surface area contributed by atoms with Crippen molar-refractivity contribution in [2.75, 3.05) is 11.4 Å². The third kappa shape index (κ3) is 3.01. The van der Waals surface area contributed by atoms with E-state index in [1.807, 2.05) is 0 Å². The Hall–Kier alpha value is -1.02. The molecular formula is C18H26N2. The maximum Gasteiger partial charge on any atom is 0.0398 e. The molecule has 0 unspecified atom stereocenters. The van der Waals surface area contributed by atoms with Crippen LogP contribution < -0.4 is 10.2 Å². The summed E-state index contributed by atoms with van der Waals surface area (Å²) < 4.78 is 0. The van der Waals surface area contributed by atoms with Crippen LogP contribution >= 0.6 is 0 Å². The van der Waals surface area contributed by atoms with E-state index in [-0.39, 0.29) is 0 Å². The van der Waals surface area contributed by atoms with E-state index in [0.717, 1.165) is 24.5 Å². The van der Waals surface area contributed by atoms with Gasteiger partial charge < -0.3 is 10.2 Å². The average Bonchev–Trinajstić information content (AvgIpc) is 3.24. The van der Waals surface area contributed by atoms with Crippen LogP contribution in [0.2, 0.25) is 0 Å². The molecule has 0 atom stereocenters. The maximum absolute atomic E-state index is 3.61. The molecule has 0 spiro atoms. The molecule has 1 aromatic carbocycles. The van der Waals surface area contributed by atoms with Gasteiger partial charge in [0.2, 0.25) is 0 Å². The highest BCUT2D eigenvalue weighted by Gasteiger charge is 2.34. The molecule has 2 heteroatoms. The van der Waals surface area contributed by atoms with Crippen LogP contribution in [0.15, 0.2) is 18.2 Å². The van der Waals surface area contributed by atoms with Gasteiger partial charge in [-0.2, -0.15) is 0 Å². The van der Waals surface area contributed by atoms with Crippen molar-refractivity contribution in [1.82, 2.24) is 5.32 Å². The van der Waals surface area contributed by atoms with E-state index >= 15 is 0 Å². The van der Waals surface area contributed by atoms with Gasteiger partial charge in [-0.1, -0.05) is 12.1 Å². The Kier molecular flexibility index (Phi) is 3.22. The highest BCUT2D eigenvalue weighted by Crippen LogP contribution is 2.38. The lowest BCUT2D eigenvalue weighted by molar-refractivity contribution is 0.686. The summed E-state index contributed by atoms with van der Waals surface area (Å²) in [6, 6.07) is 8.74. The second kappa shape index (κ2) is 5.07. The molecule has 0 heterocycles. The summed E-state index contributed by atoms with van der Waals surface area (Å²) >= 11 is 0. The predicted molar refractivity (Wildman–Crippen MR) is 84.1 cm³/mol. The van der Waals surface area contributed by atoms with E-state index in [0.29, 0.717) is 0 Å². The van der Waals surface area contributed by atoms with Gasteiger partial charge in [-0.25, -0.2) is 0 Å². The Morgan fingerprint density at radius 1 is 1.10 bits per heavy atom. The van der Waals surface area contributed by atoms with Crippen molar-refractivity contribution in [2.45, 2.75) is 64.1 Å². The SMILES string of the molecule is Cc1cc(CNC2CC2)ccc1N(CC1CC1)C1CC1. The van der Waals surface area contributed by atoms with Crippen molar-refractivity contribution in [1.29, 1.82) is 0 Å². The molecule has 1 N–H and O–H groups in total. The second-order valence-corrected chi connectivity index (χ2v) is 7.10. The number of hydrogen-bond donors (Lipinski definition) is 1. The minimum absolute atomic E-state index is 0.799. The first kappa shape index (κ1) is 12.7. The van der Waals surface area contributed by atoms with Crippen molar-refractivity contribution in [3.05, 3.63) is 29.3 Å². The topological polar surface area (TPSA) is 15.3 Å². The fourth-order valence-electron chi connectivity index (χ4n) is 3.11. The van der Waals surface area contributed by atoms with Gasteiger partial charge >= 0.3 is 0 Å². The fraction of sp³-hybridized carbons (Fsp3) is 0.667. The normalized spacial score (nSPS) is 22.1. The van der Waals surface area contributed by atoms with Crippen LogP contribution in [0.3, 0.4) is 0 Å². The quantitative estimate of drug-likeness (QED) is 0.814. The van der Waals surface area contributed by atoms with Crippen LogP contribution in [0.1, 0.15) is 49.7 Å². The minimum Gasteiger partial charge on any atom is -0.368 e. The van der Waals surface area contributed by atoms with Gasteiger partial charge in [-0.05, 0) is 68.6 Å². The molecule has 4 rings (SSSR count). The van der Waals surface area contributed by atoms with E-state index in [2.05, 4.69) is 35.3 Å². The molecule has 20 heavy (non-hydrogen) atoms. The number of benzene rings is 1. The summed E-state index contributed by atoms with van der Waals surface area (Å²) in [5.41, 5.74) is 4.41. The zero-order valence-electron chi connectivity index (χ0n) is 12.6. The molecule has 0 aromatic heterocycles. The molecule has 0 saturated heterocycles. The zero-order chi connectivity index (χ0) is 13.5. The average molecular weight is 270 g/mol. The summed E-state index contributed by atoms with van der Waals surface area (Å²) in [7, 11) is 0. The smallest absolute Gasteiger partial charge is 0.0398 e. The standard InChI is InChI=1S/C18H26N2/c1-13-10-15(11-19-16-5-6-16)4-9-18(13)20(17-7-8-17)12-14-2-3-14/h4,9-10,14,16-17,19H,2-3,5-8,11-12H2,1H3. The minimum atomic E-state index is 0.799. The van der Waals surface area contributed by atoms with Gasteiger partial charge in [-0.3, -0.25) is 0 Å². The molecule has 0 amide bonds. The predicted octanol–water partition coefficient (Wildman–Crippen LogP) is 3.63. The third-order valence-electron chi connectivity index (χ3n) is 4.88. The van der Waals surface area contributed by atoms with Crippen LogP contribution in [0.5, 0.6) is 0 Å². The Bertz CT molecular complexity index is 484. The monoisotopic (exact) mass is 270 g/mol. The van der Waals surface area contributed by atoms with Gasteiger partial charge in [0.05, 0.1) is 0 Å². The second-order valence-electron chi connectivity index (χ2n) is 7.10. The van der Waals surface area contributed by atoms with E-state index in [1.54, 1.807) is 0 Å². The third-order valence-corrected chi connectivity index (χ3v) is 4.88. The van der Waals surface area contributed by atoms with Gasteiger partial charge in [0, 0.05) is 30.9 Å². The van der Waals surface area contributed by atoms with Crippen molar-refractivity contribution in [3.8, 4) is 0 Å². The first-order valence-corrected chi connectivity index (χ1v) is 8.39. The highest BCUT2D eigenvalue weighted by atomic mass is 15.2. The molecule has 0 radical (unpaired) electrons. The van der Waals surface area contributed by atoms with Crippen LogP contribution in [0.4, 0.5) is 5.69 Å². The van der Waals surface area contributed by atoms with Crippen LogP contribution in [-0.2, 0) is 6.54 Å². The van der Waals surface area contributed by atoms with Crippen molar-refractivity contribution in [3.63, 3.8) is 0 Å². The van der Waals surface area contributed by atoms with Gasteiger partial charge in [-0.15, -0.1) is 0 Å². The molecule has 108 valence electrons. The lowest BCUT2D eigenvalue weighted by Gasteiger charge is -2.27.